The molecule has 5 N–H and O–H groups in total. The van der Waals surface area contributed by atoms with Crippen LogP contribution in [-0.4, -0.2) is 84.9 Å². The quantitative estimate of drug-likeness (QED) is 0.144. The SMILES string of the molecule is CC(=O)O.CCCCOC(=O)N(C)[C@@H](CNC(=O)C[C@H]1CC(c2ccc(C(=N)N)cc2)=NO1)C(=O)OC. The van der Waals surface area contributed by atoms with Gasteiger partial charge in [0.25, 0.3) is 5.97 Å². The summed E-state index contributed by atoms with van der Waals surface area (Å²) in [5.41, 5.74) is 7.57. The second-order valence-corrected chi connectivity index (χ2v) is 8.11. The first-order valence-electron chi connectivity index (χ1n) is 11.6. The molecule has 2 amide bonds. The average Bonchev–Trinajstić information content (AvgIpc) is 3.31. The molecule has 37 heavy (non-hydrogen) atoms. The molecule has 0 aliphatic carbocycles. The third-order valence-corrected chi connectivity index (χ3v) is 5.12. The minimum atomic E-state index is -1.02. The second kappa shape index (κ2) is 15.8. The lowest BCUT2D eigenvalue weighted by atomic mass is 10.0. The number of benzene rings is 1. The fourth-order valence-electron chi connectivity index (χ4n) is 3.09. The Morgan fingerprint density at radius 1 is 1.30 bits per heavy atom. The van der Waals surface area contributed by atoms with Gasteiger partial charge in [0.15, 0.2) is 0 Å². The topological polar surface area (TPSA) is 194 Å². The number of nitrogens with zero attached hydrogens (tertiary/aromatic N) is 2. The number of hydrogen-bond acceptors (Lipinski definition) is 9. The molecule has 1 aliphatic rings. The molecule has 1 heterocycles. The smallest absolute Gasteiger partial charge is 0.410 e. The number of rotatable bonds is 11. The molecule has 2 rings (SSSR count). The van der Waals surface area contributed by atoms with E-state index in [-0.39, 0.29) is 31.3 Å². The number of nitrogens with two attached hydrogens (primary N) is 1. The van der Waals surface area contributed by atoms with Crippen molar-refractivity contribution in [2.24, 2.45) is 10.9 Å². The van der Waals surface area contributed by atoms with E-state index in [0.29, 0.717) is 24.1 Å². The number of ether oxygens (including phenoxy) is 2. The highest BCUT2D eigenvalue weighted by molar-refractivity contribution is 6.02. The number of carboxylic acid groups (broad SMARTS) is 1. The van der Waals surface area contributed by atoms with E-state index in [1.54, 1.807) is 24.3 Å². The number of likely N-dealkylation sites (N-methyl/N-ethyl adjacent to an activating group) is 1. The Morgan fingerprint density at radius 3 is 2.46 bits per heavy atom. The van der Waals surface area contributed by atoms with Gasteiger partial charge in [-0.1, -0.05) is 42.8 Å². The van der Waals surface area contributed by atoms with Crippen LogP contribution in [0.25, 0.3) is 0 Å². The van der Waals surface area contributed by atoms with Gasteiger partial charge in [0, 0.05) is 32.5 Å². The normalized spacial score (nSPS) is 14.6. The lowest BCUT2D eigenvalue weighted by Gasteiger charge is -2.25. The molecule has 0 fully saturated rings. The first-order chi connectivity index (χ1) is 17.5. The van der Waals surface area contributed by atoms with Crippen molar-refractivity contribution in [2.45, 2.75) is 51.7 Å². The van der Waals surface area contributed by atoms with Gasteiger partial charge < -0.3 is 30.5 Å². The summed E-state index contributed by atoms with van der Waals surface area (Å²) in [5.74, 6) is -1.88. The van der Waals surface area contributed by atoms with Crippen molar-refractivity contribution < 1.29 is 38.6 Å². The summed E-state index contributed by atoms with van der Waals surface area (Å²) in [5, 5.41) is 21.5. The van der Waals surface area contributed by atoms with Gasteiger partial charge in [-0.25, -0.2) is 9.59 Å². The minimum Gasteiger partial charge on any atom is -0.481 e. The summed E-state index contributed by atoms with van der Waals surface area (Å²) in [6, 6.07) is 5.99. The number of methoxy groups -OCH3 is 1. The number of aliphatic carboxylic acids is 1. The number of nitrogens with one attached hydrogen (secondary N) is 2. The third-order valence-electron chi connectivity index (χ3n) is 5.12. The number of unbranched alkanes of at least 4 members (excludes halogenated alkanes) is 1. The Kier molecular flexibility index (Phi) is 13.1. The van der Waals surface area contributed by atoms with E-state index in [0.717, 1.165) is 23.8 Å². The largest absolute Gasteiger partial charge is 0.481 e. The molecular weight excluding hydrogens is 486 g/mol. The maximum absolute atomic E-state index is 12.4. The average molecular weight is 522 g/mol. The summed E-state index contributed by atoms with van der Waals surface area (Å²) < 4.78 is 9.88. The highest BCUT2D eigenvalue weighted by Crippen LogP contribution is 2.19. The first kappa shape index (κ1) is 30.9. The number of carbonyl (C=O) groups excluding carboxylic acids is 3. The molecule has 1 aromatic rings. The fraction of sp³-hybridized carbons (Fsp3) is 0.500. The highest BCUT2D eigenvalue weighted by Gasteiger charge is 2.30. The Morgan fingerprint density at radius 2 is 1.92 bits per heavy atom. The second-order valence-electron chi connectivity index (χ2n) is 8.11. The van der Waals surface area contributed by atoms with E-state index in [9.17, 15) is 14.4 Å². The number of amidine groups is 1. The van der Waals surface area contributed by atoms with Crippen LogP contribution in [0.2, 0.25) is 0 Å². The van der Waals surface area contributed by atoms with E-state index < -0.39 is 30.2 Å². The van der Waals surface area contributed by atoms with Crippen molar-refractivity contribution in [1.82, 2.24) is 10.2 Å². The van der Waals surface area contributed by atoms with Crippen molar-refractivity contribution in [3.8, 4) is 0 Å². The van der Waals surface area contributed by atoms with Crippen LogP contribution in [-0.2, 0) is 28.7 Å². The molecule has 0 radical (unpaired) electrons. The van der Waals surface area contributed by atoms with Crippen LogP contribution in [0, 0.1) is 5.41 Å². The summed E-state index contributed by atoms with van der Waals surface area (Å²) in [6.45, 7) is 3.17. The van der Waals surface area contributed by atoms with Gasteiger partial charge in [0.2, 0.25) is 5.91 Å². The number of carboxylic acids is 1. The summed E-state index contributed by atoms with van der Waals surface area (Å²) >= 11 is 0. The first-order valence-corrected chi connectivity index (χ1v) is 11.6. The van der Waals surface area contributed by atoms with Gasteiger partial charge >= 0.3 is 12.1 Å². The molecule has 0 bridgehead atoms. The van der Waals surface area contributed by atoms with Gasteiger partial charge in [-0.3, -0.25) is 19.9 Å². The molecule has 1 aromatic carbocycles. The highest BCUT2D eigenvalue weighted by atomic mass is 16.6. The molecular formula is C24H35N5O8. The number of carbonyl (C=O) groups is 4. The van der Waals surface area contributed by atoms with Crippen molar-refractivity contribution in [3.63, 3.8) is 0 Å². The molecule has 0 spiro atoms. The monoisotopic (exact) mass is 521 g/mol. The van der Waals surface area contributed by atoms with Crippen LogP contribution in [0.1, 0.15) is 50.7 Å². The van der Waals surface area contributed by atoms with Gasteiger partial charge in [-0.05, 0) is 12.0 Å². The number of oxime groups is 1. The maximum atomic E-state index is 12.4. The van der Waals surface area contributed by atoms with Gasteiger partial charge in [0.1, 0.15) is 18.0 Å². The Balaban J connectivity index is 0.00000159. The van der Waals surface area contributed by atoms with E-state index in [1.165, 1.54) is 14.2 Å². The van der Waals surface area contributed by atoms with Gasteiger partial charge in [0.05, 0.1) is 25.8 Å². The molecule has 0 saturated heterocycles. The predicted molar refractivity (Wildman–Crippen MR) is 134 cm³/mol. The van der Waals surface area contributed by atoms with Crippen LogP contribution in [0.5, 0.6) is 0 Å². The van der Waals surface area contributed by atoms with Crippen LogP contribution in [0.3, 0.4) is 0 Å². The number of esters is 1. The number of nitrogen functional groups attached to an aromatic ring is 1. The molecule has 0 saturated carbocycles. The predicted octanol–water partition coefficient (Wildman–Crippen LogP) is 1.47. The van der Waals surface area contributed by atoms with Crippen molar-refractivity contribution in [2.75, 3.05) is 27.3 Å². The maximum Gasteiger partial charge on any atom is 0.410 e. The Labute approximate surface area is 215 Å². The van der Waals surface area contributed by atoms with Crippen molar-refractivity contribution in [3.05, 3.63) is 35.4 Å². The van der Waals surface area contributed by atoms with Crippen molar-refractivity contribution >= 4 is 35.5 Å². The number of hydrogen-bond donors (Lipinski definition) is 4. The van der Waals surface area contributed by atoms with Crippen LogP contribution < -0.4 is 11.1 Å². The van der Waals surface area contributed by atoms with Gasteiger partial charge in [-0.2, -0.15) is 0 Å². The Bertz CT molecular complexity index is 976. The molecule has 2 atom stereocenters. The van der Waals surface area contributed by atoms with Crippen molar-refractivity contribution in [1.29, 1.82) is 5.41 Å². The molecule has 204 valence electrons. The van der Waals surface area contributed by atoms with E-state index in [1.807, 2.05) is 6.92 Å². The third kappa shape index (κ3) is 11.0. The summed E-state index contributed by atoms with van der Waals surface area (Å²) in [7, 11) is 2.63. The van der Waals surface area contributed by atoms with Crippen LogP contribution in [0.4, 0.5) is 4.79 Å². The fourth-order valence-corrected chi connectivity index (χ4v) is 3.09. The molecule has 13 heteroatoms. The van der Waals surface area contributed by atoms with Crippen LogP contribution in [0.15, 0.2) is 29.4 Å². The van der Waals surface area contributed by atoms with Crippen LogP contribution >= 0.6 is 0 Å². The zero-order chi connectivity index (χ0) is 28.0. The standard InChI is InChI=1S/C22H31N5O6.C2H4O2/c1-4-5-10-32-22(30)27(2)18(21(29)31-3)13-25-19(28)12-16-11-17(26-33-16)14-6-8-15(9-7-14)20(23)24;1-2(3)4/h6-9,16,18H,4-5,10-13H2,1-3H3,(H3,23,24)(H,25,28);1H3,(H,3,4)/t16-,18+;/m1./s1. The summed E-state index contributed by atoms with van der Waals surface area (Å²) in [4.78, 5) is 52.2. The zero-order valence-corrected chi connectivity index (χ0v) is 21.5. The number of amides is 2. The molecule has 1 aliphatic heterocycles. The Hall–Kier alpha value is -4.16. The van der Waals surface area contributed by atoms with E-state index in [2.05, 4.69) is 10.5 Å². The molecule has 0 unspecified atom stereocenters. The minimum absolute atomic E-state index is 0.0224. The summed E-state index contributed by atoms with van der Waals surface area (Å²) in [6.07, 6.45) is 0.910. The molecule has 13 nitrogen and oxygen atoms in total. The zero-order valence-electron chi connectivity index (χ0n) is 21.5. The molecule has 0 aromatic heterocycles. The van der Waals surface area contributed by atoms with Gasteiger partial charge in [-0.15, -0.1) is 0 Å². The van der Waals surface area contributed by atoms with E-state index in [4.69, 9.17) is 35.4 Å². The van der Waals surface area contributed by atoms with E-state index >= 15 is 0 Å². The lowest BCUT2D eigenvalue weighted by molar-refractivity contribution is -0.146. The lowest BCUT2D eigenvalue weighted by Crippen LogP contribution is -2.50.